The van der Waals surface area contributed by atoms with Gasteiger partial charge < -0.3 is 15.2 Å². The maximum absolute atomic E-state index is 13.5. The zero-order chi connectivity index (χ0) is 24.8. The first kappa shape index (κ1) is 24.6. The number of ether oxygens (including phenoxy) is 1. The van der Waals surface area contributed by atoms with E-state index in [9.17, 15) is 14.7 Å². The number of carbonyl (C=O) groups is 2. The molecule has 0 aliphatic carbocycles. The average molecular weight is 473 g/mol. The molecule has 0 aromatic heterocycles. The molecule has 1 aliphatic rings. The van der Waals surface area contributed by atoms with Crippen LogP contribution in [0.2, 0.25) is 0 Å². The van der Waals surface area contributed by atoms with Gasteiger partial charge in [-0.3, -0.25) is 9.69 Å². The van der Waals surface area contributed by atoms with Crippen molar-refractivity contribution in [2.24, 2.45) is 0 Å². The van der Waals surface area contributed by atoms with Crippen molar-refractivity contribution in [3.8, 4) is 0 Å². The number of amides is 3. The number of nitrogens with one attached hydrogen (secondary N) is 1. The van der Waals surface area contributed by atoms with Gasteiger partial charge in [0.25, 0.3) is 5.91 Å². The number of imide groups is 1. The van der Waals surface area contributed by atoms with Crippen LogP contribution in [0.3, 0.4) is 0 Å². The first-order valence-electron chi connectivity index (χ1n) is 12.1. The van der Waals surface area contributed by atoms with Crippen molar-refractivity contribution >= 4 is 11.9 Å². The predicted molar refractivity (Wildman–Crippen MR) is 135 cm³/mol. The summed E-state index contributed by atoms with van der Waals surface area (Å²) in [6.07, 6.45) is -0.211. The molecule has 0 radical (unpaired) electrons. The molecular formula is C29H32N2O4. The Hall–Kier alpha value is -3.48. The highest BCUT2D eigenvalue weighted by Gasteiger charge is 2.51. The van der Waals surface area contributed by atoms with E-state index in [-0.39, 0.29) is 25.2 Å². The van der Waals surface area contributed by atoms with Gasteiger partial charge in [0.2, 0.25) is 0 Å². The van der Waals surface area contributed by atoms with Crippen LogP contribution in [0, 0.1) is 6.92 Å². The van der Waals surface area contributed by atoms with Crippen LogP contribution in [0.15, 0.2) is 84.9 Å². The molecule has 0 saturated carbocycles. The second-order valence-corrected chi connectivity index (χ2v) is 9.06. The van der Waals surface area contributed by atoms with Crippen LogP contribution in [0.1, 0.15) is 48.1 Å². The van der Waals surface area contributed by atoms with Crippen molar-refractivity contribution in [2.75, 3.05) is 13.2 Å². The Balaban J connectivity index is 1.48. The predicted octanol–water partition coefficient (Wildman–Crippen LogP) is 4.71. The summed E-state index contributed by atoms with van der Waals surface area (Å²) in [4.78, 5) is 27.4. The number of aliphatic hydroxyl groups excluding tert-OH is 1. The van der Waals surface area contributed by atoms with E-state index in [1.807, 2.05) is 98.8 Å². The fourth-order valence-electron chi connectivity index (χ4n) is 4.62. The normalized spacial score (nSPS) is 19.5. The molecule has 3 atom stereocenters. The highest BCUT2D eigenvalue weighted by atomic mass is 16.5. The molecule has 3 aromatic carbocycles. The third-order valence-electron chi connectivity index (χ3n) is 6.40. The first-order valence-corrected chi connectivity index (χ1v) is 12.1. The van der Waals surface area contributed by atoms with Crippen molar-refractivity contribution in [1.82, 2.24) is 10.2 Å². The fraction of sp³-hybridized carbons (Fsp3) is 0.310. The largest absolute Gasteiger partial charge is 0.389 e. The quantitative estimate of drug-likeness (QED) is 0.419. The molecule has 1 fully saturated rings. The summed E-state index contributed by atoms with van der Waals surface area (Å²) < 4.78 is 6.16. The Kier molecular flexibility index (Phi) is 7.63. The molecule has 0 bridgehead atoms. The van der Waals surface area contributed by atoms with Crippen LogP contribution in [0.5, 0.6) is 0 Å². The summed E-state index contributed by atoms with van der Waals surface area (Å²) in [6.45, 7) is 3.83. The number of benzene rings is 3. The lowest BCUT2D eigenvalue weighted by Gasteiger charge is -2.27. The Labute approximate surface area is 206 Å². The SMILES string of the molecule is CCC[C@]1(c2ccccc2)NC(=O)N(C[C@H](O)CO[C@H](c2ccccc2)c2ccc(C)cc2)C1=O. The molecule has 182 valence electrons. The molecule has 2 N–H and O–H groups in total. The summed E-state index contributed by atoms with van der Waals surface area (Å²) in [5.74, 6) is -0.340. The zero-order valence-corrected chi connectivity index (χ0v) is 20.2. The smallest absolute Gasteiger partial charge is 0.325 e. The van der Waals surface area contributed by atoms with Gasteiger partial charge in [-0.1, -0.05) is 104 Å². The van der Waals surface area contributed by atoms with Crippen LogP contribution >= 0.6 is 0 Å². The summed E-state index contributed by atoms with van der Waals surface area (Å²) in [5, 5.41) is 13.7. The lowest BCUT2D eigenvalue weighted by Crippen LogP contribution is -2.45. The summed E-state index contributed by atoms with van der Waals surface area (Å²) in [6, 6.07) is 26.6. The molecule has 0 unspecified atom stereocenters. The van der Waals surface area contributed by atoms with Gasteiger partial charge in [0, 0.05) is 0 Å². The topological polar surface area (TPSA) is 78.9 Å². The highest BCUT2D eigenvalue weighted by Crippen LogP contribution is 2.34. The zero-order valence-electron chi connectivity index (χ0n) is 20.2. The first-order chi connectivity index (χ1) is 16.9. The third kappa shape index (κ3) is 5.29. The Morgan fingerprint density at radius 3 is 2.14 bits per heavy atom. The number of hydrogen-bond acceptors (Lipinski definition) is 4. The van der Waals surface area contributed by atoms with E-state index in [0.717, 1.165) is 33.6 Å². The number of urea groups is 1. The highest BCUT2D eigenvalue weighted by molar-refractivity contribution is 6.07. The molecule has 6 heteroatoms. The Bertz CT molecular complexity index is 1130. The van der Waals surface area contributed by atoms with Crippen LogP contribution in [0.4, 0.5) is 4.79 Å². The van der Waals surface area contributed by atoms with E-state index in [1.54, 1.807) is 0 Å². The second kappa shape index (κ2) is 10.8. The number of aryl methyl sites for hydroxylation is 1. The third-order valence-corrected chi connectivity index (χ3v) is 6.40. The van der Waals surface area contributed by atoms with Crippen molar-refractivity contribution in [3.05, 3.63) is 107 Å². The van der Waals surface area contributed by atoms with Gasteiger partial charge in [-0.15, -0.1) is 0 Å². The van der Waals surface area contributed by atoms with E-state index < -0.39 is 17.7 Å². The Morgan fingerprint density at radius 2 is 1.51 bits per heavy atom. The lowest BCUT2D eigenvalue weighted by molar-refractivity contribution is -0.133. The summed E-state index contributed by atoms with van der Waals surface area (Å²) >= 11 is 0. The minimum atomic E-state index is -1.11. The molecule has 1 aliphatic heterocycles. The van der Waals surface area contributed by atoms with E-state index in [4.69, 9.17) is 4.74 Å². The van der Waals surface area contributed by atoms with Crippen LogP contribution in [-0.4, -0.2) is 41.2 Å². The van der Waals surface area contributed by atoms with Crippen molar-refractivity contribution < 1.29 is 19.4 Å². The monoisotopic (exact) mass is 472 g/mol. The molecule has 1 saturated heterocycles. The van der Waals surface area contributed by atoms with Crippen LogP contribution in [-0.2, 0) is 15.1 Å². The van der Waals surface area contributed by atoms with E-state index in [2.05, 4.69) is 5.32 Å². The van der Waals surface area contributed by atoms with Crippen LogP contribution in [0.25, 0.3) is 0 Å². The lowest BCUT2D eigenvalue weighted by atomic mass is 9.85. The minimum absolute atomic E-state index is 0.0311. The van der Waals surface area contributed by atoms with E-state index in [1.165, 1.54) is 0 Å². The maximum Gasteiger partial charge on any atom is 0.325 e. The molecule has 3 amide bonds. The molecular weight excluding hydrogens is 440 g/mol. The molecule has 0 spiro atoms. The molecule has 35 heavy (non-hydrogen) atoms. The standard InChI is InChI=1S/C29H32N2O4/c1-3-18-29(24-12-8-5-9-13-24)27(33)31(28(34)30-29)19-25(32)20-35-26(22-10-6-4-7-11-22)23-16-14-21(2)15-17-23/h4-17,25-26,32H,3,18-20H2,1-2H3,(H,30,34)/t25-,26+,29+/m0/s1. The van der Waals surface area contributed by atoms with Crippen molar-refractivity contribution in [2.45, 2.75) is 44.4 Å². The van der Waals surface area contributed by atoms with Gasteiger partial charge in [0.1, 0.15) is 11.6 Å². The van der Waals surface area contributed by atoms with E-state index in [0.29, 0.717) is 6.42 Å². The molecule has 3 aromatic rings. The fourth-order valence-corrected chi connectivity index (χ4v) is 4.62. The number of carbonyl (C=O) groups excluding carboxylic acids is 2. The maximum atomic E-state index is 13.5. The van der Waals surface area contributed by atoms with Gasteiger partial charge in [-0.25, -0.2) is 4.79 Å². The van der Waals surface area contributed by atoms with Gasteiger partial charge in [0.15, 0.2) is 0 Å². The van der Waals surface area contributed by atoms with Crippen molar-refractivity contribution in [3.63, 3.8) is 0 Å². The summed E-state index contributed by atoms with van der Waals surface area (Å²) in [5.41, 5.74) is 2.71. The van der Waals surface area contributed by atoms with Gasteiger partial charge >= 0.3 is 6.03 Å². The van der Waals surface area contributed by atoms with E-state index >= 15 is 0 Å². The number of rotatable bonds is 10. The second-order valence-electron chi connectivity index (χ2n) is 9.06. The molecule has 6 nitrogen and oxygen atoms in total. The Morgan fingerprint density at radius 1 is 0.914 bits per heavy atom. The summed E-state index contributed by atoms with van der Waals surface area (Å²) in [7, 11) is 0. The molecule has 1 heterocycles. The van der Waals surface area contributed by atoms with Gasteiger partial charge in [-0.2, -0.15) is 0 Å². The average Bonchev–Trinajstić information content (AvgIpc) is 3.11. The number of β-amino-alcohol motifs (C(OH)–C–C–N with tert-alkyl or cyclic N) is 1. The van der Waals surface area contributed by atoms with Gasteiger partial charge in [0.05, 0.1) is 19.3 Å². The number of nitrogens with zero attached hydrogens (tertiary/aromatic N) is 1. The van der Waals surface area contributed by atoms with Crippen LogP contribution < -0.4 is 5.32 Å². The minimum Gasteiger partial charge on any atom is -0.389 e. The number of hydrogen-bond donors (Lipinski definition) is 2. The number of aliphatic hydroxyl groups is 1. The van der Waals surface area contributed by atoms with Gasteiger partial charge in [-0.05, 0) is 30.0 Å². The molecule has 4 rings (SSSR count). The van der Waals surface area contributed by atoms with Crippen molar-refractivity contribution in [1.29, 1.82) is 0 Å².